The molecule has 3 rings (SSSR count). The second-order valence-electron chi connectivity index (χ2n) is 7.38. The zero-order valence-electron chi connectivity index (χ0n) is 13.8. The first-order valence-corrected chi connectivity index (χ1v) is 8.01. The predicted molar refractivity (Wildman–Crippen MR) is 88.1 cm³/mol. The van der Waals surface area contributed by atoms with Crippen molar-refractivity contribution < 1.29 is 9.59 Å². The Morgan fingerprint density at radius 3 is 1.41 bits per heavy atom. The Balaban J connectivity index is 2.27. The molecular formula is C20H24O2. The molecule has 6 atom stereocenters. The Labute approximate surface area is 132 Å². The molecule has 0 N–H and O–H groups in total. The van der Waals surface area contributed by atoms with Crippen molar-refractivity contribution in [3.63, 3.8) is 0 Å². The summed E-state index contributed by atoms with van der Waals surface area (Å²) in [5.41, 5.74) is 3.65. The first-order valence-electron chi connectivity index (χ1n) is 8.01. The van der Waals surface area contributed by atoms with Crippen LogP contribution in [-0.4, -0.2) is 11.6 Å². The van der Waals surface area contributed by atoms with Crippen molar-refractivity contribution in [2.75, 3.05) is 0 Å². The maximum absolute atomic E-state index is 12.9. The van der Waals surface area contributed by atoms with Crippen molar-refractivity contribution in [3.05, 3.63) is 47.6 Å². The van der Waals surface area contributed by atoms with Gasteiger partial charge in [0.2, 0.25) is 0 Å². The van der Waals surface area contributed by atoms with Crippen LogP contribution in [-0.2, 0) is 9.59 Å². The van der Waals surface area contributed by atoms with E-state index < -0.39 is 0 Å². The molecule has 1 fully saturated rings. The van der Waals surface area contributed by atoms with E-state index in [1.54, 1.807) is 0 Å². The highest BCUT2D eigenvalue weighted by molar-refractivity contribution is 6.06. The molecule has 4 bridgehead atoms. The third-order valence-electron chi connectivity index (χ3n) is 5.84. The monoisotopic (exact) mass is 296 g/mol. The number of hydrogen-bond donors (Lipinski definition) is 0. The van der Waals surface area contributed by atoms with E-state index in [1.807, 2.05) is 27.7 Å². The second-order valence-corrected chi connectivity index (χ2v) is 7.38. The van der Waals surface area contributed by atoms with Gasteiger partial charge in [-0.25, -0.2) is 0 Å². The molecule has 0 aromatic rings. The number of ketones is 2. The summed E-state index contributed by atoms with van der Waals surface area (Å²) in [6, 6.07) is 0. The normalized spacial score (nSPS) is 40.0. The van der Waals surface area contributed by atoms with E-state index in [-0.39, 0.29) is 47.1 Å². The van der Waals surface area contributed by atoms with E-state index in [2.05, 4.69) is 25.3 Å². The molecule has 0 aromatic heterocycles. The Bertz CT molecular complexity index is 603. The van der Waals surface area contributed by atoms with Crippen LogP contribution >= 0.6 is 0 Å². The topological polar surface area (TPSA) is 34.1 Å². The van der Waals surface area contributed by atoms with Crippen molar-refractivity contribution in [1.29, 1.82) is 0 Å². The Morgan fingerprint density at radius 2 is 1.14 bits per heavy atom. The van der Waals surface area contributed by atoms with Crippen molar-refractivity contribution in [3.8, 4) is 0 Å². The van der Waals surface area contributed by atoms with E-state index in [1.165, 1.54) is 0 Å². The lowest BCUT2D eigenvalue weighted by molar-refractivity contribution is -0.138. The van der Waals surface area contributed by atoms with Crippen LogP contribution in [0.3, 0.4) is 0 Å². The molecule has 0 saturated heterocycles. The fourth-order valence-electron chi connectivity index (χ4n) is 5.02. The average Bonchev–Trinajstić information content (AvgIpc) is 2.43. The second kappa shape index (κ2) is 4.91. The molecule has 0 aromatic carbocycles. The lowest BCUT2D eigenvalue weighted by atomic mass is 9.47. The van der Waals surface area contributed by atoms with E-state index in [9.17, 15) is 9.59 Å². The van der Waals surface area contributed by atoms with Gasteiger partial charge in [0.25, 0.3) is 0 Å². The van der Waals surface area contributed by atoms with Gasteiger partial charge >= 0.3 is 0 Å². The van der Waals surface area contributed by atoms with Gasteiger partial charge < -0.3 is 0 Å². The first kappa shape index (κ1) is 15.2. The molecule has 1 saturated carbocycles. The third-order valence-corrected chi connectivity index (χ3v) is 5.84. The average molecular weight is 296 g/mol. The number of carbonyl (C=O) groups is 2. The minimum absolute atomic E-state index is 0.0788. The molecule has 0 amide bonds. The van der Waals surface area contributed by atoms with Crippen LogP contribution < -0.4 is 0 Å². The first-order chi connectivity index (χ1) is 10.3. The van der Waals surface area contributed by atoms with Crippen LogP contribution in [0.2, 0.25) is 0 Å². The molecule has 2 nitrogen and oxygen atoms in total. The summed E-state index contributed by atoms with van der Waals surface area (Å²) in [6.07, 6.45) is 4.24. The molecule has 3 aliphatic rings. The Hall–Kier alpha value is -1.70. The number of fused-ring (bicyclic) bond motifs is 6. The fraction of sp³-hybridized carbons (Fsp3) is 0.500. The molecule has 2 unspecified atom stereocenters. The molecule has 3 aliphatic carbocycles. The fourth-order valence-corrected chi connectivity index (χ4v) is 5.02. The van der Waals surface area contributed by atoms with E-state index in [0.717, 1.165) is 22.3 Å². The summed E-state index contributed by atoms with van der Waals surface area (Å²) in [6.45, 7) is 16.0. The van der Waals surface area contributed by atoms with Gasteiger partial charge in [0.15, 0.2) is 11.6 Å². The number of rotatable bonds is 2. The van der Waals surface area contributed by atoms with Crippen LogP contribution in [0.5, 0.6) is 0 Å². The van der Waals surface area contributed by atoms with Crippen LogP contribution in [0.1, 0.15) is 27.7 Å². The molecule has 22 heavy (non-hydrogen) atoms. The number of allylic oxidation sites excluding steroid dienone is 6. The van der Waals surface area contributed by atoms with Gasteiger partial charge in [0, 0.05) is 11.8 Å². The summed E-state index contributed by atoms with van der Waals surface area (Å²) in [7, 11) is 0. The summed E-state index contributed by atoms with van der Waals surface area (Å²) in [5.74, 6) is 0.389. The largest absolute Gasteiger partial charge is 0.294 e. The van der Waals surface area contributed by atoms with Crippen molar-refractivity contribution in [1.82, 2.24) is 0 Å². The summed E-state index contributed by atoms with van der Waals surface area (Å²) in [4.78, 5) is 25.7. The van der Waals surface area contributed by atoms with Crippen molar-refractivity contribution in [2.24, 2.45) is 35.5 Å². The number of hydrogen-bond acceptors (Lipinski definition) is 2. The van der Waals surface area contributed by atoms with Gasteiger partial charge in [0.1, 0.15) is 0 Å². The van der Waals surface area contributed by atoms with Gasteiger partial charge in [-0.1, -0.05) is 36.5 Å². The van der Waals surface area contributed by atoms with Gasteiger partial charge in [-0.2, -0.15) is 0 Å². The number of carbonyl (C=O) groups excluding carboxylic acids is 2. The van der Waals surface area contributed by atoms with Crippen LogP contribution in [0.15, 0.2) is 47.6 Å². The number of Topliss-reactive ketones (excluding diaryl/α,β-unsaturated/α-hetero) is 2. The van der Waals surface area contributed by atoms with Crippen LogP contribution in [0.25, 0.3) is 0 Å². The smallest absolute Gasteiger partial charge is 0.162 e. The zero-order valence-corrected chi connectivity index (χ0v) is 13.8. The summed E-state index contributed by atoms with van der Waals surface area (Å²) in [5, 5.41) is 0. The molecule has 0 radical (unpaired) electrons. The third kappa shape index (κ3) is 1.86. The van der Waals surface area contributed by atoms with E-state index >= 15 is 0 Å². The lowest BCUT2D eigenvalue weighted by Gasteiger charge is -2.54. The molecule has 116 valence electrons. The summed E-state index contributed by atoms with van der Waals surface area (Å²) < 4.78 is 0. The highest BCUT2D eigenvalue weighted by atomic mass is 16.1. The van der Waals surface area contributed by atoms with Gasteiger partial charge in [-0.05, 0) is 62.5 Å². The molecule has 2 heteroatoms. The van der Waals surface area contributed by atoms with Gasteiger partial charge in [-0.3, -0.25) is 9.59 Å². The Morgan fingerprint density at radius 1 is 0.818 bits per heavy atom. The highest BCUT2D eigenvalue weighted by Gasteiger charge is 2.58. The van der Waals surface area contributed by atoms with Gasteiger partial charge in [-0.15, -0.1) is 0 Å². The minimum Gasteiger partial charge on any atom is -0.294 e. The molecule has 0 aliphatic heterocycles. The van der Waals surface area contributed by atoms with Crippen molar-refractivity contribution in [2.45, 2.75) is 27.7 Å². The zero-order chi connectivity index (χ0) is 16.3. The predicted octanol–water partition coefficient (Wildman–Crippen LogP) is 3.91. The van der Waals surface area contributed by atoms with Crippen LogP contribution in [0, 0.1) is 35.5 Å². The highest BCUT2D eigenvalue weighted by Crippen LogP contribution is 2.57. The summed E-state index contributed by atoms with van der Waals surface area (Å²) >= 11 is 0. The quantitative estimate of drug-likeness (QED) is 0.724. The molecule has 0 spiro atoms. The van der Waals surface area contributed by atoms with E-state index in [0.29, 0.717) is 0 Å². The standard InChI is InChI=1S/C20H24O2/c1-9(2)15-13-7-11(5)19(21)17(15)18-16(10(3)4)14(13)8-12(6)20(18)22/h7-8,13-18H,1,3H2,2,4-6H3/t13?,14?,15-,16-,17-,18-/m1/s1. The van der Waals surface area contributed by atoms with Gasteiger partial charge in [0.05, 0.1) is 0 Å². The van der Waals surface area contributed by atoms with Crippen LogP contribution in [0.4, 0.5) is 0 Å². The SMILES string of the molecule is C=C(C)[C@@H]1C2C=C(C)C(=O)[C@H]1[C@@H]1C(=O)C(C)=CC2[C@H]1C(=C)C. The Kier molecular flexibility index (Phi) is 3.39. The van der Waals surface area contributed by atoms with Crippen molar-refractivity contribution >= 4 is 11.6 Å². The lowest BCUT2D eigenvalue weighted by Crippen LogP contribution is -2.56. The maximum Gasteiger partial charge on any atom is 0.162 e. The molecular weight excluding hydrogens is 272 g/mol. The minimum atomic E-state index is -0.262. The molecule has 0 heterocycles. The maximum atomic E-state index is 12.9. The van der Waals surface area contributed by atoms with E-state index in [4.69, 9.17) is 0 Å².